The van der Waals surface area contributed by atoms with Crippen LogP contribution in [0.5, 0.6) is 0 Å². The molecule has 0 unspecified atom stereocenters. The summed E-state index contributed by atoms with van der Waals surface area (Å²) in [5, 5.41) is 0. The Labute approximate surface area is 140 Å². The van der Waals surface area contributed by atoms with Gasteiger partial charge < -0.3 is 9.30 Å². The quantitative estimate of drug-likeness (QED) is 0.536. The van der Waals surface area contributed by atoms with Gasteiger partial charge in [0.05, 0.1) is 24.0 Å². The monoisotopic (exact) mass is 317 g/mol. The average molecular weight is 317 g/mol. The summed E-state index contributed by atoms with van der Waals surface area (Å²) in [6.45, 7) is 0. The molecule has 0 spiro atoms. The first-order chi connectivity index (χ1) is 11.8. The first-order valence-corrected chi connectivity index (χ1v) is 7.41. The molecule has 1 aromatic carbocycles. The zero-order valence-electron chi connectivity index (χ0n) is 12.9. The van der Waals surface area contributed by atoms with Crippen molar-refractivity contribution in [2.45, 2.75) is 12.5 Å². The molecule has 0 aliphatic rings. The van der Waals surface area contributed by atoms with Crippen LogP contribution in [0.1, 0.15) is 28.6 Å². The van der Waals surface area contributed by atoms with E-state index in [9.17, 15) is 4.79 Å². The molecule has 3 aromatic rings. The van der Waals surface area contributed by atoms with Crippen LogP contribution in [0.25, 0.3) is 5.69 Å². The number of nitrogens with zero attached hydrogens (tertiary/aromatic N) is 3. The molecule has 2 heterocycles. The van der Waals surface area contributed by atoms with Crippen molar-refractivity contribution < 1.29 is 9.53 Å². The van der Waals surface area contributed by atoms with Crippen molar-refractivity contribution in [3.63, 3.8) is 0 Å². The maximum absolute atomic E-state index is 12.4. The maximum Gasteiger partial charge on any atom is 0.338 e. The van der Waals surface area contributed by atoms with Crippen molar-refractivity contribution in [2.24, 2.45) is 0 Å². The maximum atomic E-state index is 12.4. The lowest BCUT2D eigenvalue weighted by Crippen LogP contribution is -2.12. The number of terminal acetylenes is 1. The van der Waals surface area contributed by atoms with E-state index >= 15 is 0 Å². The van der Waals surface area contributed by atoms with Gasteiger partial charge in [0.15, 0.2) is 6.10 Å². The van der Waals surface area contributed by atoms with Crippen molar-refractivity contribution in [3.05, 3.63) is 78.6 Å². The van der Waals surface area contributed by atoms with Gasteiger partial charge in [0, 0.05) is 24.3 Å². The lowest BCUT2D eigenvalue weighted by atomic mass is 10.1. The minimum Gasteiger partial charge on any atom is -0.451 e. The van der Waals surface area contributed by atoms with E-state index in [1.54, 1.807) is 43.0 Å². The second-order valence-electron chi connectivity index (χ2n) is 5.07. The summed E-state index contributed by atoms with van der Waals surface area (Å²) in [4.78, 5) is 20.6. The van der Waals surface area contributed by atoms with Gasteiger partial charge in [0.2, 0.25) is 0 Å². The van der Waals surface area contributed by atoms with Gasteiger partial charge in [-0.1, -0.05) is 6.07 Å². The summed E-state index contributed by atoms with van der Waals surface area (Å²) in [6, 6.07) is 12.5. The van der Waals surface area contributed by atoms with Gasteiger partial charge in [-0.2, -0.15) is 0 Å². The number of pyridine rings is 1. The standard InChI is InChI=1S/C19H15N3O2/c1-2-5-18(17-6-3-4-11-21-17)24-19(23)15-7-9-16(10-8-15)22-13-12-20-14-22/h1,3-4,6-14,18H,5H2/t18-/m0/s1. The number of carbonyl (C=O) groups is 1. The Morgan fingerprint density at radius 2 is 2.04 bits per heavy atom. The van der Waals surface area contributed by atoms with E-state index in [0.717, 1.165) is 5.69 Å². The van der Waals surface area contributed by atoms with Crippen molar-refractivity contribution in [1.29, 1.82) is 0 Å². The van der Waals surface area contributed by atoms with Gasteiger partial charge in [-0.15, -0.1) is 12.3 Å². The van der Waals surface area contributed by atoms with Crippen LogP contribution in [0.3, 0.4) is 0 Å². The molecule has 5 heteroatoms. The molecule has 0 saturated carbocycles. The fourth-order valence-corrected chi connectivity index (χ4v) is 2.26. The lowest BCUT2D eigenvalue weighted by molar-refractivity contribution is 0.0299. The summed E-state index contributed by atoms with van der Waals surface area (Å²) in [5.74, 6) is 2.09. The first-order valence-electron chi connectivity index (χ1n) is 7.41. The predicted molar refractivity (Wildman–Crippen MR) is 89.4 cm³/mol. The summed E-state index contributed by atoms with van der Waals surface area (Å²) in [6.07, 6.45) is 12.0. The minimum absolute atomic E-state index is 0.274. The molecule has 1 atom stereocenters. The zero-order valence-corrected chi connectivity index (χ0v) is 12.9. The molecule has 0 fully saturated rings. The lowest BCUT2D eigenvalue weighted by Gasteiger charge is -2.15. The molecule has 0 N–H and O–H groups in total. The van der Waals surface area contributed by atoms with Crippen LogP contribution in [0.2, 0.25) is 0 Å². The Morgan fingerprint density at radius 3 is 2.67 bits per heavy atom. The van der Waals surface area contributed by atoms with Gasteiger partial charge in [-0.3, -0.25) is 4.98 Å². The molecule has 0 aliphatic carbocycles. The molecular weight excluding hydrogens is 302 g/mol. The molecule has 0 saturated heterocycles. The number of rotatable bonds is 5. The van der Waals surface area contributed by atoms with E-state index in [4.69, 9.17) is 11.2 Å². The number of hydrogen-bond donors (Lipinski definition) is 0. The number of hydrogen-bond acceptors (Lipinski definition) is 4. The van der Waals surface area contributed by atoms with Crippen LogP contribution in [0.15, 0.2) is 67.4 Å². The van der Waals surface area contributed by atoms with Gasteiger partial charge in [0.25, 0.3) is 0 Å². The molecular formula is C19H15N3O2. The number of imidazole rings is 1. The Balaban J connectivity index is 1.75. The highest BCUT2D eigenvalue weighted by molar-refractivity contribution is 5.89. The fourth-order valence-electron chi connectivity index (χ4n) is 2.26. The van der Waals surface area contributed by atoms with Crippen LogP contribution < -0.4 is 0 Å². The molecule has 24 heavy (non-hydrogen) atoms. The third-order valence-corrected chi connectivity index (χ3v) is 3.48. The smallest absolute Gasteiger partial charge is 0.338 e. The third kappa shape index (κ3) is 3.50. The van der Waals surface area contributed by atoms with E-state index in [2.05, 4.69) is 15.9 Å². The van der Waals surface area contributed by atoms with Crippen LogP contribution in [-0.4, -0.2) is 20.5 Å². The highest BCUT2D eigenvalue weighted by Crippen LogP contribution is 2.21. The van der Waals surface area contributed by atoms with Crippen LogP contribution in [0.4, 0.5) is 0 Å². The van der Waals surface area contributed by atoms with E-state index in [-0.39, 0.29) is 6.42 Å². The molecule has 118 valence electrons. The minimum atomic E-state index is -0.558. The van der Waals surface area contributed by atoms with Gasteiger partial charge in [-0.25, -0.2) is 9.78 Å². The number of carbonyl (C=O) groups excluding carboxylic acids is 1. The van der Waals surface area contributed by atoms with E-state index < -0.39 is 12.1 Å². The second-order valence-corrected chi connectivity index (χ2v) is 5.07. The molecule has 3 rings (SSSR count). The van der Waals surface area contributed by atoms with E-state index in [1.165, 1.54) is 0 Å². The number of esters is 1. The first kappa shape index (κ1) is 15.5. The topological polar surface area (TPSA) is 57.0 Å². The third-order valence-electron chi connectivity index (χ3n) is 3.48. The van der Waals surface area contributed by atoms with Crippen molar-refractivity contribution >= 4 is 5.97 Å². The molecule has 0 aliphatic heterocycles. The largest absolute Gasteiger partial charge is 0.451 e. The molecule has 5 nitrogen and oxygen atoms in total. The number of benzene rings is 1. The normalized spacial score (nSPS) is 11.5. The van der Waals surface area contributed by atoms with Crippen molar-refractivity contribution in [1.82, 2.24) is 14.5 Å². The van der Waals surface area contributed by atoms with E-state index in [0.29, 0.717) is 11.3 Å². The molecule has 0 radical (unpaired) electrons. The number of ether oxygens (including phenoxy) is 1. The fraction of sp³-hybridized carbons (Fsp3) is 0.105. The summed E-state index contributed by atoms with van der Waals surface area (Å²) in [5.41, 5.74) is 2.00. The van der Waals surface area contributed by atoms with Gasteiger partial charge in [0.1, 0.15) is 0 Å². The highest BCUT2D eigenvalue weighted by Gasteiger charge is 2.18. The summed E-state index contributed by atoms with van der Waals surface area (Å²) < 4.78 is 7.38. The van der Waals surface area contributed by atoms with Crippen molar-refractivity contribution in [2.75, 3.05) is 0 Å². The Bertz CT molecular complexity index is 835. The second kappa shape index (κ2) is 7.25. The van der Waals surface area contributed by atoms with Crippen LogP contribution in [0, 0.1) is 12.3 Å². The van der Waals surface area contributed by atoms with Crippen LogP contribution >= 0.6 is 0 Å². The summed E-state index contributed by atoms with van der Waals surface area (Å²) >= 11 is 0. The molecule has 0 amide bonds. The Hall–Kier alpha value is -3.39. The Kier molecular flexibility index (Phi) is 4.68. The predicted octanol–water partition coefficient (Wildman–Crippen LogP) is 3.19. The SMILES string of the molecule is C#CC[C@H](OC(=O)c1ccc(-n2ccnc2)cc1)c1ccccn1. The number of aromatic nitrogens is 3. The highest BCUT2D eigenvalue weighted by atomic mass is 16.5. The zero-order chi connectivity index (χ0) is 16.8. The Morgan fingerprint density at radius 1 is 1.21 bits per heavy atom. The van der Waals surface area contributed by atoms with Crippen LogP contribution in [-0.2, 0) is 4.74 Å². The van der Waals surface area contributed by atoms with E-state index in [1.807, 2.05) is 29.0 Å². The van der Waals surface area contributed by atoms with Gasteiger partial charge >= 0.3 is 5.97 Å². The summed E-state index contributed by atoms with van der Waals surface area (Å²) in [7, 11) is 0. The van der Waals surface area contributed by atoms with Gasteiger partial charge in [-0.05, 0) is 36.4 Å². The van der Waals surface area contributed by atoms with Crippen molar-refractivity contribution in [3.8, 4) is 18.0 Å². The average Bonchev–Trinajstić information content (AvgIpc) is 3.17. The molecule has 0 bridgehead atoms. The molecule has 2 aromatic heterocycles.